The van der Waals surface area contributed by atoms with Gasteiger partial charge in [0.1, 0.15) is 0 Å². The van der Waals surface area contributed by atoms with E-state index in [0.717, 1.165) is 11.1 Å². The lowest BCUT2D eigenvalue weighted by molar-refractivity contribution is 0.152. The van der Waals surface area contributed by atoms with E-state index in [4.69, 9.17) is 0 Å². The molecular formula is C3H2O3S2. The summed E-state index contributed by atoms with van der Waals surface area (Å²) in [6.45, 7) is 0. The van der Waals surface area contributed by atoms with E-state index in [1.807, 2.05) is 0 Å². The summed E-state index contributed by atoms with van der Waals surface area (Å²) in [5.74, 6) is 0. The van der Waals surface area contributed by atoms with Crippen molar-refractivity contribution in [2.24, 2.45) is 0 Å². The molecule has 0 N–H and O–H groups in total. The molecule has 0 aliphatic rings. The summed E-state index contributed by atoms with van der Waals surface area (Å²) in [7, 11) is 0. The fourth-order valence-electron chi connectivity index (χ4n) is 0.106. The lowest BCUT2D eigenvalue weighted by Gasteiger charge is -1.89. The van der Waals surface area contributed by atoms with Crippen LogP contribution in [0.5, 0.6) is 0 Å². The third-order valence-corrected chi connectivity index (χ3v) is 0.481. The summed E-state index contributed by atoms with van der Waals surface area (Å²) in [6.07, 6.45) is -0.907. The van der Waals surface area contributed by atoms with Crippen molar-refractivity contribution in [3.63, 3.8) is 0 Å². The molecule has 3 nitrogen and oxygen atoms in total. The monoisotopic (exact) mass is 150 g/mol. The van der Waals surface area contributed by atoms with Gasteiger partial charge in [0.2, 0.25) is 0 Å². The van der Waals surface area contributed by atoms with Gasteiger partial charge in [-0.15, -0.1) is 0 Å². The quantitative estimate of drug-likeness (QED) is 0.434. The fourth-order valence-corrected chi connectivity index (χ4v) is 0.263. The molecule has 0 aliphatic heterocycles. The van der Waals surface area contributed by atoms with Crippen molar-refractivity contribution in [1.29, 1.82) is 0 Å². The van der Waals surface area contributed by atoms with Crippen molar-refractivity contribution >= 4 is 41.7 Å². The Labute approximate surface area is 56.6 Å². The molecule has 0 fully saturated rings. The van der Waals surface area contributed by atoms with Crippen LogP contribution in [-0.2, 0) is 9.47 Å². The molecule has 0 aromatic rings. The number of ether oxygens (including phenoxy) is 2. The minimum atomic E-state index is -0.907. The molecule has 8 heavy (non-hydrogen) atoms. The maximum atomic E-state index is 10.0. The van der Waals surface area contributed by atoms with Gasteiger partial charge < -0.3 is 9.47 Å². The zero-order valence-corrected chi connectivity index (χ0v) is 5.33. The summed E-state index contributed by atoms with van der Waals surface area (Å²) < 4.78 is 8.03. The number of thiocarbonyl (C=S) groups is 2. The summed E-state index contributed by atoms with van der Waals surface area (Å²) >= 11 is 8.29. The van der Waals surface area contributed by atoms with Crippen LogP contribution in [0.4, 0.5) is 4.79 Å². The van der Waals surface area contributed by atoms with Gasteiger partial charge in [-0.05, 0) is 24.4 Å². The highest BCUT2D eigenvalue weighted by Gasteiger charge is 1.95. The zero-order chi connectivity index (χ0) is 6.41. The van der Waals surface area contributed by atoms with Crippen molar-refractivity contribution in [2.75, 3.05) is 0 Å². The Morgan fingerprint density at radius 1 is 1.25 bits per heavy atom. The van der Waals surface area contributed by atoms with Crippen molar-refractivity contribution in [2.45, 2.75) is 0 Å². The molecule has 0 saturated carbocycles. The maximum Gasteiger partial charge on any atom is 0.519 e. The second-order valence-corrected chi connectivity index (χ2v) is 1.06. The van der Waals surface area contributed by atoms with Crippen LogP contribution in [0.3, 0.4) is 0 Å². The summed E-state index contributed by atoms with van der Waals surface area (Å²) in [5.41, 5.74) is 1.59. The molecule has 0 rings (SSSR count). The van der Waals surface area contributed by atoms with Crippen LogP contribution >= 0.6 is 24.4 Å². The number of hydrogen-bond donors (Lipinski definition) is 0. The molecule has 0 saturated heterocycles. The SMILES string of the molecule is O=C(OC=S)OC=S. The third-order valence-electron chi connectivity index (χ3n) is 0.289. The Morgan fingerprint density at radius 2 is 1.62 bits per heavy atom. The fraction of sp³-hybridized carbons (Fsp3) is 0. The van der Waals surface area contributed by atoms with E-state index >= 15 is 0 Å². The summed E-state index contributed by atoms with van der Waals surface area (Å²) in [4.78, 5) is 10.0. The molecule has 0 heterocycles. The van der Waals surface area contributed by atoms with Crippen LogP contribution in [0.25, 0.3) is 0 Å². The highest BCUT2D eigenvalue weighted by atomic mass is 32.1. The lowest BCUT2D eigenvalue weighted by atomic mass is 11.3. The first-order valence-corrected chi connectivity index (χ1v) is 2.50. The van der Waals surface area contributed by atoms with Crippen LogP contribution in [-0.4, -0.2) is 17.3 Å². The standard InChI is InChI=1S/C3H2O3S2/c4-3(5-1-7)6-2-8/h1-2H. The highest BCUT2D eigenvalue weighted by Crippen LogP contribution is 1.77. The minimum absolute atomic E-state index is 0.793. The van der Waals surface area contributed by atoms with Gasteiger partial charge in [0, 0.05) is 0 Å². The second-order valence-electron chi connectivity index (χ2n) is 0.678. The molecule has 0 spiro atoms. The first-order valence-electron chi connectivity index (χ1n) is 1.56. The Balaban J connectivity index is 3.32. The topological polar surface area (TPSA) is 35.5 Å². The predicted octanol–water partition coefficient (Wildman–Crippen LogP) is 1.05. The normalized spacial score (nSPS) is 7.00. The van der Waals surface area contributed by atoms with E-state index in [0.29, 0.717) is 0 Å². The maximum absolute atomic E-state index is 10.0. The molecule has 0 radical (unpaired) electrons. The van der Waals surface area contributed by atoms with Gasteiger partial charge in [-0.3, -0.25) is 0 Å². The first kappa shape index (κ1) is 7.45. The molecule has 0 unspecified atom stereocenters. The summed E-state index contributed by atoms with van der Waals surface area (Å²) in [6, 6.07) is 0. The van der Waals surface area contributed by atoms with E-state index in [-0.39, 0.29) is 0 Å². The smallest absolute Gasteiger partial charge is 0.391 e. The lowest BCUT2D eigenvalue weighted by Crippen LogP contribution is -2.01. The van der Waals surface area contributed by atoms with E-state index in [1.165, 1.54) is 0 Å². The highest BCUT2D eigenvalue weighted by molar-refractivity contribution is 7.78. The van der Waals surface area contributed by atoms with Crippen molar-refractivity contribution in [1.82, 2.24) is 0 Å². The Bertz CT molecular complexity index is 99.1. The molecule has 5 heteroatoms. The molecular weight excluding hydrogens is 148 g/mol. The number of carbonyl (C=O) groups excluding carboxylic acids is 1. The largest absolute Gasteiger partial charge is 0.519 e. The van der Waals surface area contributed by atoms with E-state index in [2.05, 4.69) is 33.9 Å². The average Bonchev–Trinajstić information content (AvgIpc) is 1.68. The van der Waals surface area contributed by atoms with Crippen LogP contribution in [0.2, 0.25) is 0 Å². The molecule has 44 valence electrons. The van der Waals surface area contributed by atoms with Crippen LogP contribution in [0.1, 0.15) is 0 Å². The minimum Gasteiger partial charge on any atom is -0.391 e. The number of rotatable bonds is 2. The van der Waals surface area contributed by atoms with Gasteiger partial charge in [0.05, 0.1) is 0 Å². The summed E-state index contributed by atoms with van der Waals surface area (Å²) in [5, 5.41) is 0. The van der Waals surface area contributed by atoms with Gasteiger partial charge in [-0.2, -0.15) is 0 Å². The Hall–Kier alpha value is -0.550. The van der Waals surface area contributed by atoms with E-state index in [9.17, 15) is 4.79 Å². The van der Waals surface area contributed by atoms with Crippen molar-refractivity contribution in [3.05, 3.63) is 0 Å². The molecule has 0 aromatic heterocycles. The number of carbonyl (C=O) groups is 1. The van der Waals surface area contributed by atoms with Gasteiger partial charge >= 0.3 is 6.16 Å². The van der Waals surface area contributed by atoms with Gasteiger partial charge in [0.15, 0.2) is 11.1 Å². The van der Waals surface area contributed by atoms with Crippen LogP contribution < -0.4 is 0 Å². The number of hydrogen-bond acceptors (Lipinski definition) is 5. The first-order chi connectivity index (χ1) is 3.81. The predicted molar refractivity (Wildman–Crippen MR) is 34.9 cm³/mol. The Morgan fingerprint density at radius 3 is 1.88 bits per heavy atom. The average molecular weight is 150 g/mol. The van der Waals surface area contributed by atoms with Crippen molar-refractivity contribution < 1.29 is 14.3 Å². The third kappa shape index (κ3) is 3.63. The molecule has 0 aromatic carbocycles. The van der Waals surface area contributed by atoms with Gasteiger partial charge in [-0.1, -0.05) is 0 Å². The second kappa shape index (κ2) is 4.61. The van der Waals surface area contributed by atoms with E-state index in [1.54, 1.807) is 0 Å². The molecule has 0 amide bonds. The zero-order valence-electron chi connectivity index (χ0n) is 3.70. The van der Waals surface area contributed by atoms with Crippen molar-refractivity contribution in [3.8, 4) is 0 Å². The van der Waals surface area contributed by atoms with Gasteiger partial charge in [0.25, 0.3) is 0 Å². The Kier molecular flexibility index (Phi) is 4.29. The molecule has 0 atom stereocenters. The van der Waals surface area contributed by atoms with E-state index < -0.39 is 6.16 Å². The molecule has 0 aliphatic carbocycles. The van der Waals surface area contributed by atoms with Gasteiger partial charge in [-0.25, -0.2) is 4.79 Å². The molecule has 0 bridgehead atoms. The van der Waals surface area contributed by atoms with Crippen LogP contribution in [0, 0.1) is 0 Å². The van der Waals surface area contributed by atoms with Crippen LogP contribution in [0.15, 0.2) is 0 Å².